The van der Waals surface area contributed by atoms with Gasteiger partial charge in [-0.2, -0.15) is 13.2 Å². The summed E-state index contributed by atoms with van der Waals surface area (Å²) < 4.78 is 70.6. The van der Waals surface area contributed by atoms with Crippen LogP contribution in [0, 0.1) is 23.7 Å². The van der Waals surface area contributed by atoms with Crippen molar-refractivity contribution in [3.05, 3.63) is 46.8 Å². The number of anilines is 2. The fraction of sp³-hybridized carbons (Fsp3) is 0.448. The number of methoxy groups -OCH3 is 1. The van der Waals surface area contributed by atoms with E-state index in [1.165, 1.54) is 30.6 Å². The minimum absolute atomic E-state index is 0.126. The highest BCUT2D eigenvalue weighted by atomic mass is 32.2. The van der Waals surface area contributed by atoms with E-state index >= 15 is 0 Å². The van der Waals surface area contributed by atoms with E-state index in [1.807, 2.05) is 12.1 Å². The molecule has 0 spiro atoms. The molecule has 2 heterocycles. The third-order valence-corrected chi connectivity index (χ3v) is 10.0. The Balaban J connectivity index is 1.41. The van der Waals surface area contributed by atoms with Crippen molar-refractivity contribution >= 4 is 42.6 Å². The van der Waals surface area contributed by atoms with Crippen LogP contribution in [0.15, 0.2) is 41.3 Å². The normalized spacial score (nSPS) is 21.2. The molecule has 1 aromatic heterocycles. The second-order valence-corrected chi connectivity index (χ2v) is 13.7. The SMILES string of the molecule is COc1cc(S(C)(=O)=O)ccc1NCC#Cc1sc2c(NC3C4CCC3CN(C)C4)cccc2c1CC(F)(F)F. The molecular weight excluding hydrogens is 559 g/mol. The van der Waals surface area contributed by atoms with E-state index in [1.54, 1.807) is 12.1 Å². The Hall–Kier alpha value is -2.94. The minimum Gasteiger partial charge on any atom is -0.495 e. The molecule has 2 bridgehead atoms. The average molecular weight is 592 g/mol. The van der Waals surface area contributed by atoms with Crippen molar-refractivity contribution in [1.29, 1.82) is 0 Å². The summed E-state index contributed by atoms with van der Waals surface area (Å²) in [6.07, 6.45) is -1.97. The smallest absolute Gasteiger partial charge is 0.393 e. The van der Waals surface area contributed by atoms with Crippen LogP contribution < -0.4 is 15.4 Å². The summed E-state index contributed by atoms with van der Waals surface area (Å²) in [6.45, 7) is 2.19. The van der Waals surface area contributed by atoms with Gasteiger partial charge >= 0.3 is 6.18 Å². The van der Waals surface area contributed by atoms with Crippen molar-refractivity contribution in [3.8, 4) is 17.6 Å². The van der Waals surface area contributed by atoms with Crippen LogP contribution in [0.5, 0.6) is 5.75 Å². The second-order valence-electron chi connectivity index (χ2n) is 10.7. The molecule has 2 fully saturated rings. The number of thiophene rings is 1. The Labute approximate surface area is 236 Å². The van der Waals surface area contributed by atoms with Crippen LogP contribution >= 0.6 is 11.3 Å². The number of hydrogen-bond acceptors (Lipinski definition) is 7. The van der Waals surface area contributed by atoms with E-state index in [0.717, 1.165) is 42.6 Å². The number of nitrogens with one attached hydrogen (secondary N) is 2. The van der Waals surface area contributed by atoms with Crippen molar-refractivity contribution in [3.63, 3.8) is 0 Å². The fourth-order valence-electron chi connectivity index (χ4n) is 5.95. The van der Waals surface area contributed by atoms with Crippen molar-refractivity contribution in [2.24, 2.45) is 11.8 Å². The third kappa shape index (κ3) is 6.19. The van der Waals surface area contributed by atoms with Crippen molar-refractivity contribution in [2.75, 3.05) is 50.7 Å². The molecule has 3 aromatic rings. The lowest BCUT2D eigenvalue weighted by Crippen LogP contribution is -2.46. The number of rotatable bonds is 7. The zero-order chi connectivity index (χ0) is 28.7. The Morgan fingerprint density at radius 1 is 1.12 bits per heavy atom. The molecule has 214 valence electrons. The predicted octanol–water partition coefficient (Wildman–Crippen LogP) is 5.63. The van der Waals surface area contributed by atoms with Crippen LogP contribution in [0.25, 0.3) is 10.1 Å². The topological polar surface area (TPSA) is 70.7 Å². The van der Waals surface area contributed by atoms with Crippen LogP contribution in [0.4, 0.5) is 24.5 Å². The molecule has 5 rings (SSSR count). The van der Waals surface area contributed by atoms with Crippen LogP contribution in [-0.4, -0.2) is 65.6 Å². The van der Waals surface area contributed by atoms with Gasteiger partial charge in [-0.25, -0.2) is 8.42 Å². The van der Waals surface area contributed by atoms with Gasteiger partial charge in [-0.1, -0.05) is 24.0 Å². The number of fused-ring (bicyclic) bond motifs is 3. The van der Waals surface area contributed by atoms with Gasteiger partial charge in [-0.05, 0) is 60.9 Å². The first-order chi connectivity index (χ1) is 18.9. The summed E-state index contributed by atoms with van der Waals surface area (Å²) in [4.78, 5) is 2.89. The second kappa shape index (κ2) is 11.1. The average Bonchev–Trinajstić information content (AvgIpc) is 3.33. The Kier molecular flexibility index (Phi) is 7.97. The summed E-state index contributed by atoms with van der Waals surface area (Å²) in [5.74, 6) is 7.31. The number of sulfone groups is 1. The molecule has 1 aliphatic carbocycles. The van der Waals surface area contributed by atoms with Crippen LogP contribution in [-0.2, 0) is 16.3 Å². The third-order valence-electron chi connectivity index (χ3n) is 7.70. The molecule has 2 aliphatic rings. The van der Waals surface area contributed by atoms with Gasteiger partial charge in [-0.15, -0.1) is 11.3 Å². The summed E-state index contributed by atoms with van der Waals surface area (Å²) in [5.41, 5.74) is 1.61. The van der Waals surface area contributed by atoms with Gasteiger partial charge < -0.3 is 20.3 Å². The van der Waals surface area contributed by atoms with E-state index in [9.17, 15) is 21.6 Å². The molecular formula is C29H32F3N3O3S2. The summed E-state index contributed by atoms with van der Waals surface area (Å²) in [5, 5.41) is 7.37. The van der Waals surface area contributed by atoms with E-state index in [-0.39, 0.29) is 17.0 Å². The van der Waals surface area contributed by atoms with Gasteiger partial charge in [0.1, 0.15) is 5.75 Å². The number of ether oxygens (including phenoxy) is 1. The standard InChI is InChI=1S/C29H32F3N3O3S2/c1-35-16-18-9-10-19(17-35)27(18)34-24-7-4-6-21-22(15-29(30,31)32)26(39-28(21)24)8-5-13-33-23-12-11-20(40(3,36)37)14-25(23)38-2/h4,6-7,11-12,14,18-19,27,33-34H,9-10,13,15-17H2,1-3H3. The molecule has 6 nitrogen and oxygen atoms in total. The molecule has 2 unspecified atom stereocenters. The van der Waals surface area contributed by atoms with E-state index in [2.05, 4.69) is 34.4 Å². The number of piperidine rings is 1. The van der Waals surface area contributed by atoms with Gasteiger partial charge in [0.25, 0.3) is 0 Å². The summed E-state index contributed by atoms with van der Waals surface area (Å²) in [7, 11) is 0.178. The molecule has 11 heteroatoms. The van der Waals surface area contributed by atoms with E-state index < -0.39 is 22.4 Å². The Morgan fingerprint density at radius 2 is 1.85 bits per heavy atom. The van der Waals surface area contributed by atoms with Gasteiger partial charge in [0.15, 0.2) is 9.84 Å². The first kappa shape index (κ1) is 28.6. The molecule has 0 amide bonds. The van der Waals surface area contributed by atoms with Crippen molar-refractivity contribution < 1.29 is 26.3 Å². The van der Waals surface area contributed by atoms with E-state index in [0.29, 0.717) is 39.6 Å². The van der Waals surface area contributed by atoms with Gasteiger partial charge in [-0.3, -0.25) is 0 Å². The van der Waals surface area contributed by atoms with E-state index in [4.69, 9.17) is 4.74 Å². The maximum atomic E-state index is 13.6. The Morgan fingerprint density at radius 3 is 2.50 bits per heavy atom. The van der Waals surface area contributed by atoms with Crippen molar-refractivity contribution in [1.82, 2.24) is 4.90 Å². The largest absolute Gasteiger partial charge is 0.495 e. The first-order valence-electron chi connectivity index (χ1n) is 13.1. The molecule has 2 atom stereocenters. The number of likely N-dealkylation sites (tertiary alicyclic amines) is 1. The number of alkyl halides is 3. The maximum Gasteiger partial charge on any atom is 0.393 e. The quantitative estimate of drug-likeness (QED) is 0.347. The zero-order valence-electron chi connectivity index (χ0n) is 22.6. The lowest BCUT2D eigenvalue weighted by Gasteiger charge is -2.37. The monoisotopic (exact) mass is 591 g/mol. The number of benzene rings is 2. The van der Waals surface area contributed by atoms with Gasteiger partial charge in [0.2, 0.25) is 0 Å². The highest BCUT2D eigenvalue weighted by Crippen LogP contribution is 2.42. The number of halogens is 3. The van der Waals surface area contributed by atoms with Gasteiger partial charge in [0.05, 0.1) is 45.9 Å². The molecule has 1 aliphatic heterocycles. The number of nitrogens with zero attached hydrogens (tertiary/aromatic N) is 1. The molecule has 0 radical (unpaired) electrons. The first-order valence-corrected chi connectivity index (χ1v) is 15.8. The van der Waals surface area contributed by atoms with Crippen molar-refractivity contribution in [2.45, 2.75) is 36.4 Å². The van der Waals surface area contributed by atoms with Crippen LogP contribution in [0.2, 0.25) is 0 Å². The molecule has 1 saturated heterocycles. The number of hydrogen-bond donors (Lipinski definition) is 2. The zero-order valence-corrected chi connectivity index (χ0v) is 24.2. The minimum atomic E-state index is -4.37. The fourth-order valence-corrected chi connectivity index (χ4v) is 7.75. The molecule has 1 saturated carbocycles. The summed E-state index contributed by atoms with van der Waals surface area (Å²) >= 11 is 1.30. The lowest BCUT2D eigenvalue weighted by molar-refractivity contribution is -0.126. The summed E-state index contributed by atoms with van der Waals surface area (Å²) in [6, 6.07) is 10.3. The lowest BCUT2D eigenvalue weighted by atomic mass is 9.92. The molecule has 2 N–H and O–H groups in total. The van der Waals surface area contributed by atoms with Crippen LogP contribution in [0.1, 0.15) is 23.3 Å². The highest BCUT2D eigenvalue weighted by Gasteiger charge is 2.41. The van der Waals surface area contributed by atoms with Gasteiger partial charge in [0, 0.05) is 31.5 Å². The maximum absolute atomic E-state index is 13.6. The predicted molar refractivity (Wildman–Crippen MR) is 154 cm³/mol. The molecule has 40 heavy (non-hydrogen) atoms. The Bertz CT molecular complexity index is 1560. The molecule has 2 aromatic carbocycles. The van der Waals surface area contributed by atoms with Crippen LogP contribution in [0.3, 0.4) is 0 Å². The highest BCUT2D eigenvalue weighted by molar-refractivity contribution is 7.90.